The second kappa shape index (κ2) is 11.3. The Balaban J connectivity index is 1.70. The molecular weight excluding hydrogens is 450 g/mol. The highest BCUT2D eigenvalue weighted by atomic mass is 16.6. The Morgan fingerprint density at radius 1 is 1.37 bits per heavy atom. The molecule has 2 atom stereocenters. The van der Waals surface area contributed by atoms with Gasteiger partial charge < -0.3 is 30.9 Å². The van der Waals surface area contributed by atoms with Gasteiger partial charge >= 0.3 is 12.1 Å². The number of rotatable bonds is 11. The molecule has 0 saturated carbocycles. The number of nitrogens with one attached hydrogen (secondary N) is 2. The van der Waals surface area contributed by atoms with Crippen LogP contribution in [0.4, 0.5) is 10.6 Å². The summed E-state index contributed by atoms with van der Waals surface area (Å²) >= 11 is 0. The fourth-order valence-electron chi connectivity index (χ4n) is 4.56. The van der Waals surface area contributed by atoms with Gasteiger partial charge in [-0.3, -0.25) is 4.68 Å². The van der Waals surface area contributed by atoms with Crippen molar-refractivity contribution in [1.29, 1.82) is 0 Å². The van der Waals surface area contributed by atoms with E-state index in [9.17, 15) is 9.90 Å². The third-order valence-corrected chi connectivity index (χ3v) is 6.21. The Hall–Kier alpha value is -3.44. The van der Waals surface area contributed by atoms with E-state index in [1.54, 1.807) is 18.0 Å². The third-order valence-electron chi connectivity index (χ3n) is 6.21. The summed E-state index contributed by atoms with van der Waals surface area (Å²) in [5, 5.41) is 20.9. The van der Waals surface area contributed by atoms with Crippen LogP contribution in [-0.2, 0) is 6.54 Å². The molecule has 3 aromatic rings. The van der Waals surface area contributed by atoms with Crippen LogP contribution in [0.1, 0.15) is 56.2 Å². The standard InChI is InChI=1S/C24H33N7O4/c1-3-5-17(9-11-32)28-22-21-19(29-24(30-22)35-23(25)33)13-27-31(21)14-16-8-7-15(12-20(16)34-2)18-6-4-10-26-18/h7-8,12-13,17-18,26,32H,3-6,9-11,14H2,1-2H3,(H2,25,33)(H,28,29,30)/t17-,18?/m0/s1. The minimum atomic E-state index is -0.996. The van der Waals surface area contributed by atoms with Gasteiger partial charge in [-0.15, -0.1) is 0 Å². The first-order valence-corrected chi connectivity index (χ1v) is 12.0. The molecule has 1 amide bonds. The van der Waals surface area contributed by atoms with Gasteiger partial charge in [0.1, 0.15) is 16.8 Å². The number of primary amides is 1. The van der Waals surface area contributed by atoms with Crippen molar-refractivity contribution in [2.75, 3.05) is 25.6 Å². The normalized spacial score (nSPS) is 16.4. The number of nitrogens with two attached hydrogens (primary N) is 1. The summed E-state index contributed by atoms with van der Waals surface area (Å²) in [5.74, 6) is 1.24. The van der Waals surface area contributed by atoms with E-state index >= 15 is 0 Å². The first-order valence-electron chi connectivity index (χ1n) is 12.0. The molecule has 1 fully saturated rings. The number of ether oxygens (including phenoxy) is 2. The maximum atomic E-state index is 11.3. The molecule has 2 aromatic heterocycles. The molecule has 1 saturated heterocycles. The van der Waals surface area contributed by atoms with Crippen LogP contribution in [0.2, 0.25) is 0 Å². The minimum absolute atomic E-state index is 0.0272. The number of fused-ring (bicyclic) bond motifs is 1. The Morgan fingerprint density at radius 2 is 2.23 bits per heavy atom. The van der Waals surface area contributed by atoms with Crippen molar-refractivity contribution in [3.05, 3.63) is 35.5 Å². The summed E-state index contributed by atoms with van der Waals surface area (Å²) in [6.45, 7) is 3.57. The maximum Gasteiger partial charge on any atom is 0.412 e. The van der Waals surface area contributed by atoms with Gasteiger partial charge in [-0.25, -0.2) is 4.79 Å². The molecule has 1 aliphatic rings. The quantitative estimate of drug-likeness (QED) is 0.323. The third kappa shape index (κ3) is 5.80. The van der Waals surface area contributed by atoms with Gasteiger partial charge in [0, 0.05) is 24.3 Å². The topological polar surface area (TPSA) is 149 Å². The Kier molecular flexibility index (Phi) is 7.98. The monoisotopic (exact) mass is 483 g/mol. The second-order valence-electron chi connectivity index (χ2n) is 8.67. The lowest BCUT2D eigenvalue weighted by molar-refractivity contribution is 0.207. The van der Waals surface area contributed by atoms with Crippen LogP contribution >= 0.6 is 0 Å². The van der Waals surface area contributed by atoms with E-state index in [1.165, 1.54) is 12.0 Å². The van der Waals surface area contributed by atoms with E-state index in [0.29, 0.717) is 35.9 Å². The van der Waals surface area contributed by atoms with Crippen molar-refractivity contribution in [2.24, 2.45) is 5.73 Å². The predicted octanol–water partition coefficient (Wildman–Crippen LogP) is 2.73. The van der Waals surface area contributed by atoms with Gasteiger partial charge in [0.15, 0.2) is 5.82 Å². The summed E-state index contributed by atoms with van der Waals surface area (Å²) in [6, 6.07) is 6.43. The lowest BCUT2D eigenvalue weighted by Crippen LogP contribution is -2.23. The highest BCUT2D eigenvalue weighted by Gasteiger charge is 2.21. The van der Waals surface area contributed by atoms with Crippen LogP contribution in [0.5, 0.6) is 11.8 Å². The van der Waals surface area contributed by atoms with E-state index in [-0.39, 0.29) is 18.7 Å². The molecule has 1 aliphatic heterocycles. The molecule has 5 N–H and O–H groups in total. The zero-order valence-electron chi connectivity index (χ0n) is 20.2. The van der Waals surface area contributed by atoms with Crippen molar-refractivity contribution < 1.29 is 19.4 Å². The van der Waals surface area contributed by atoms with E-state index < -0.39 is 6.09 Å². The molecule has 11 heteroatoms. The molecule has 0 bridgehead atoms. The van der Waals surface area contributed by atoms with Crippen molar-refractivity contribution in [2.45, 2.75) is 57.7 Å². The van der Waals surface area contributed by atoms with Crippen LogP contribution in [0.15, 0.2) is 24.4 Å². The zero-order valence-corrected chi connectivity index (χ0v) is 20.2. The van der Waals surface area contributed by atoms with Crippen molar-refractivity contribution in [1.82, 2.24) is 25.1 Å². The SMILES string of the molecule is CCC[C@@H](CCO)Nc1nc(OC(N)=O)nc2cnn(Cc3ccc(C4CCCN4)cc3OC)c12. The Labute approximate surface area is 204 Å². The van der Waals surface area contributed by atoms with Crippen LogP contribution in [0.25, 0.3) is 11.0 Å². The molecule has 35 heavy (non-hydrogen) atoms. The number of amides is 1. The first kappa shape index (κ1) is 24.7. The molecule has 11 nitrogen and oxygen atoms in total. The van der Waals surface area contributed by atoms with Crippen molar-refractivity contribution in [3.8, 4) is 11.8 Å². The maximum absolute atomic E-state index is 11.3. The van der Waals surface area contributed by atoms with Gasteiger partial charge in [-0.2, -0.15) is 15.1 Å². The van der Waals surface area contributed by atoms with E-state index in [4.69, 9.17) is 15.2 Å². The molecule has 1 aromatic carbocycles. The fourth-order valence-corrected chi connectivity index (χ4v) is 4.56. The van der Waals surface area contributed by atoms with Crippen LogP contribution in [-0.4, -0.2) is 57.3 Å². The van der Waals surface area contributed by atoms with Crippen molar-refractivity contribution in [3.63, 3.8) is 0 Å². The highest BCUT2D eigenvalue weighted by molar-refractivity contribution is 5.86. The van der Waals surface area contributed by atoms with Gasteiger partial charge in [0.2, 0.25) is 0 Å². The van der Waals surface area contributed by atoms with Crippen molar-refractivity contribution >= 4 is 22.9 Å². The predicted molar refractivity (Wildman–Crippen MR) is 132 cm³/mol. The van der Waals surface area contributed by atoms with Gasteiger partial charge in [0.25, 0.3) is 0 Å². The lowest BCUT2D eigenvalue weighted by Gasteiger charge is -2.19. The molecule has 0 spiro atoms. The largest absolute Gasteiger partial charge is 0.496 e. The molecule has 0 radical (unpaired) electrons. The highest BCUT2D eigenvalue weighted by Crippen LogP contribution is 2.31. The molecule has 0 aliphatic carbocycles. The van der Waals surface area contributed by atoms with Gasteiger partial charge in [-0.1, -0.05) is 25.5 Å². The van der Waals surface area contributed by atoms with Crippen LogP contribution in [0, 0.1) is 0 Å². The number of anilines is 1. The number of methoxy groups -OCH3 is 1. The molecule has 3 heterocycles. The number of aliphatic hydroxyl groups is 1. The zero-order chi connectivity index (χ0) is 24.8. The summed E-state index contributed by atoms with van der Waals surface area (Å²) in [4.78, 5) is 20.0. The average molecular weight is 484 g/mol. The van der Waals surface area contributed by atoms with Gasteiger partial charge in [0.05, 0.1) is 19.9 Å². The minimum Gasteiger partial charge on any atom is -0.496 e. The number of benzene rings is 1. The smallest absolute Gasteiger partial charge is 0.412 e. The number of carbonyl (C=O) groups excluding carboxylic acids is 1. The number of hydrogen-bond donors (Lipinski definition) is 4. The first-order chi connectivity index (χ1) is 17.0. The van der Waals surface area contributed by atoms with Crippen LogP contribution < -0.4 is 25.8 Å². The van der Waals surface area contributed by atoms with Crippen LogP contribution in [0.3, 0.4) is 0 Å². The number of hydrogen-bond acceptors (Lipinski definition) is 9. The average Bonchev–Trinajstić information content (AvgIpc) is 3.50. The summed E-state index contributed by atoms with van der Waals surface area (Å²) in [6.07, 6.45) is 5.18. The second-order valence-corrected chi connectivity index (χ2v) is 8.67. The van der Waals surface area contributed by atoms with E-state index in [0.717, 1.165) is 37.1 Å². The molecule has 188 valence electrons. The lowest BCUT2D eigenvalue weighted by atomic mass is 10.0. The van der Waals surface area contributed by atoms with Gasteiger partial charge in [-0.05, 0) is 43.9 Å². The number of nitrogens with zero attached hydrogens (tertiary/aromatic N) is 4. The summed E-state index contributed by atoms with van der Waals surface area (Å²) in [7, 11) is 1.67. The number of carbonyl (C=O) groups is 1. The molecule has 1 unspecified atom stereocenters. The Morgan fingerprint density at radius 3 is 2.91 bits per heavy atom. The number of aromatic nitrogens is 4. The summed E-state index contributed by atoms with van der Waals surface area (Å²) in [5.41, 5.74) is 8.51. The summed E-state index contributed by atoms with van der Waals surface area (Å²) < 4.78 is 12.5. The molecule has 4 rings (SSSR count). The van der Waals surface area contributed by atoms with E-state index in [1.807, 2.05) is 0 Å². The van der Waals surface area contributed by atoms with E-state index in [2.05, 4.69) is 50.8 Å². The fraction of sp³-hybridized carbons (Fsp3) is 0.500. The Bertz CT molecular complexity index is 1150. The number of aliphatic hydroxyl groups excluding tert-OH is 1. The molecular formula is C24H33N7O4.